The molecule has 6 nitrogen and oxygen atoms in total. The van der Waals surface area contributed by atoms with Crippen molar-refractivity contribution in [3.63, 3.8) is 0 Å². The Balaban J connectivity index is 1.39. The molecule has 1 aliphatic carbocycles. The number of hydrogen-bond acceptors (Lipinski definition) is 5. The summed E-state index contributed by atoms with van der Waals surface area (Å²) in [6.45, 7) is 2.26. The monoisotopic (exact) mass is 379 g/mol. The smallest absolute Gasteiger partial charge is 0.414 e. The van der Waals surface area contributed by atoms with Crippen LogP contribution in [-0.2, 0) is 9.53 Å². The van der Waals surface area contributed by atoms with Gasteiger partial charge in [0, 0.05) is 30.5 Å². The molecule has 3 aliphatic rings. The average Bonchev–Trinajstić information content (AvgIpc) is 3.43. The highest BCUT2D eigenvalue weighted by molar-refractivity contribution is 7.99. The maximum atomic E-state index is 14.6. The molecule has 0 unspecified atom stereocenters. The minimum atomic E-state index is -0.503. The predicted octanol–water partition coefficient (Wildman–Crippen LogP) is 2.23. The van der Waals surface area contributed by atoms with E-state index in [2.05, 4.69) is 5.32 Å². The second-order valence-corrected chi connectivity index (χ2v) is 8.10. The van der Waals surface area contributed by atoms with Crippen molar-refractivity contribution >= 4 is 35.1 Å². The van der Waals surface area contributed by atoms with Crippen LogP contribution in [0.4, 0.5) is 20.6 Å². The van der Waals surface area contributed by atoms with Gasteiger partial charge in [-0.3, -0.25) is 9.69 Å². The summed E-state index contributed by atoms with van der Waals surface area (Å²) in [6.07, 6.45) is 0.956. The molecule has 8 heteroatoms. The van der Waals surface area contributed by atoms with E-state index in [4.69, 9.17) is 4.74 Å². The molecular weight excluding hydrogens is 357 g/mol. The van der Waals surface area contributed by atoms with E-state index < -0.39 is 12.2 Å². The molecule has 3 fully saturated rings. The van der Waals surface area contributed by atoms with Crippen molar-refractivity contribution in [1.82, 2.24) is 5.32 Å². The molecule has 4 rings (SSSR count). The minimum absolute atomic E-state index is 0.0228. The maximum Gasteiger partial charge on any atom is 0.414 e. The highest BCUT2D eigenvalue weighted by Gasteiger charge is 2.35. The van der Waals surface area contributed by atoms with Gasteiger partial charge in [0.2, 0.25) is 5.91 Å². The number of carbonyl (C=O) groups excluding carboxylic acids is 2. The molecular formula is C18H22FN3O3S. The maximum absolute atomic E-state index is 14.6. The predicted molar refractivity (Wildman–Crippen MR) is 99.3 cm³/mol. The van der Waals surface area contributed by atoms with Crippen molar-refractivity contribution in [3.05, 3.63) is 24.0 Å². The Hall–Kier alpha value is -1.96. The summed E-state index contributed by atoms with van der Waals surface area (Å²) >= 11 is 1.87. The molecule has 0 spiro atoms. The van der Waals surface area contributed by atoms with Crippen LogP contribution >= 0.6 is 11.8 Å². The minimum Gasteiger partial charge on any atom is -0.442 e. The number of thioether (sulfide) groups is 1. The van der Waals surface area contributed by atoms with Crippen LogP contribution in [0.5, 0.6) is 0 Å². The van der Waals surface area contributed by atoms with Gasteiger partial charge in [0.05, 0.1) is 24.5 Å². The number of amides is 2. The molecule has 2 saturated heterocycles. The largest absolute Gasteiger partial charge is 0.442 e. The first-order valence-corrected chi connectivity index (χ1v) is 10.2. The average molecular weight is 379 g/mol. The lowest BCUT2D eigenvalue weighted by Gasteiger charge is -2.29. The number of carbonyl (C=O) groups is 2. The summed E-state index contributed by atoms with van der Waals surface area (Å²) in [7, 11) is 0. The molecule has 0 radical (unpaired) electrons. The standard InChI is InChI=1S/C18H22FN3O3S/c19-15-9-13(3-4-16(15)21-5-7-26-8-6-21)22-11-14(25-18(22)24)10-20-17(23)12-1-2-12/h3-4,9,12,14H,1-2,5-8,10-11H2,(H,20,23)/t14-/m0/s1. The number of ether oxygens (including phenoxy) is 1. The fraction of sp³-hybridized carbons (Fsp3) is 0.556. The van der Waals surface area contributed by atoms with Crippen LogP contribution in [-0.4, -0.2) is 55.8 Å². The Bertz CT molecular complexity index is 707. The fourth-order valence-electron chi connectivity index (χ4n) is 3.27. The van der Waals surface area contributed by atoms with E-state index in [9.17, 15) is 14.0 Å². The first kappa shape index (κ1) is 17.5. The van der Waals surface area contributed by atoms with Crippen molar-refractivity contribution in [1.29, 1.82) is 0 Å². The molecule has 1 N–H and O–H groups in total. The van der Waals surface area contributed by atoms with Crippen molar-refractivity contribution in [2.45, 2.75) is 18.9 Å². The molecule has 1 aromatic carbocycles. The molecule has 1 aromatic rings. The van der Waals surface area contributed by atoms with Gasteiger partial charge in [0.15, 0.2) is 0 Å². The van der Waals surface area contributed by atoms with Crippen molar-refractivity contribution < 1.29 is 18.7 Å². The molecule has 1 saturated carbocycles. The van der Waals surface area contributed by atoms with Crippen LogP contribution in [0.1, 0.15) is 12.8 Å². The van der Waals surface area contributed by atoms with Gasteiger partial charge in [-0.1, -0.05) is 0 Å². The zero-order chi connectivity index (χ0) is 18.1. The summed E-state index contributed by atoms with van der Waals surface area (Å²) in [4.78, 5) is 27.3. The van der Waals surface area contributed by atoms with Gasteiger partial charge in [0.25, 0.3) is 0 Å². The van der Waals surface area contributed by atoms with Crippen LogP contribution in [0, 0.1) is 11.7 Å². The van der Waals surface area contributed by atoms with Crippen LogP contribution in [0.15, 0.2) is 18.2 Å². The van der Waals surface area contributed by atoms with Crippen molar-refractivity contribution in [3.8, 4) is 0 Å². The Kier molecular flexibility index (Phi) is 4.93. The first-order chi connectivity index (χ1) is 12.6. The Morgan fingerprint density at radius 3 is 2.77 bits per heavy atom. The second-order valence-electron chi connectivity index (χ2n) is 6.87. The Morgan fingerprint density at radius 2 is 2.08 bits per heavy atom. The number of halogens is 1. The van der Waals surface area contributed by atoms with E-state index >= 15 is 0 Å². The summed E-state index contributed by atoms with van der Waals surface area (Å²) in [5.74, 6) is 1.81. The Labute approximate surface area is 156 Å². The van der Waals surface area contributed by atoms with E-state index in [0.29, 0.717) is 24.5 Å². The lowest BCUT2D eigenvalue weighted by atomic mass is 10.2. The lowest BCUT2D eigenvalue weighted by molar-refractivity contribution is -0.122. The first-order valence-electron chi connectivity index (χ1n) is 9.00. The number of nitrogens with zero attached hydrogens (tertiary/aromatic N) is 2. The van der Waals surface area contributed by atoms with Gasteiger partial charge in [-0.15, -0.1) is 0 Å². The SMILES string of the molecule is O=C(NC[C@H]1CN(c2ccc(N3CCSCC3)c(F)c2)C(=O)O1)C1CC1. The molecule has 2 amide bonds. The van der Waals surface area contributed by atoms with Crippen molar-refractivity contribution in [2.75, 3.05) is 47.5 Å². The number of anilines is 2. The van der Waals surface area contributed by atoms with E-state index in [1.165, 1.54) is 11.0 Å². The van der Waals surface area contributed by atoms with Gasteiger partial charge >= 0.3 is 6.09 Å². The van der Waals surface area contributed by atoms with Gasteiger partial charge in [-0.2, -0.15) is 11.8 Å². The molecule has 140 valence electrons. The van der Waals surface area contributed by atoms with Crippen LogP contribution in [0.3, 0.4) is 0 Å². The fourth-order valence-corrected chi connectivity index (χ4v) is 4.17. The second kappa shape index (κ2) is 7.34. The zero-order valence-electron chi connectivity index (χ0n) is 14.4. The Morgan fingerprint density at radius 1 is 1.31 bits per heavy atom. The highest BCUT2D eigenvalue weighted by Crippen LogP contribution is 2.30. The van der Waals surface area contributed by atoms with Gasteiger partial charge in [0.1, 0.15) is 11.9 Å². The number of rotatable bonds is 5. The molecule has 0 aromatic heterocycles. The van der Waals surface area contributed by atoms with E-state index in [1.807, 2.05) is 16.7 Å². The number of benzene rings is 1. The van der Waals surface area contributed by atoms with Gasteiger partial charge in [-0.05, 0) is 31.0 Å². The highest BCUT2D eigenvalue weighted by atomic mass is 32.2. The lowest BCUT2D eigenvalue weighted by Crippen LogP contribution is -2.35. The van der Waals surface area contributed by atoms with Gasteiger partial charge in [-0.25, -0.2) is 9.18 Å². The summed E-state index contributed by atoms with van der Waals surface area (Å²) in [5, 5.41) is 2.82. The molecule has 1 atom stereocenters. The normalized spacial score (nSPS) is 23.1. The summed E-state index contributed by atoms with van der Waals surface area (Å²) < 4.78 is 19.9. The van der Waals surface area contributed by atoms with E-state index in [1.54, 1.807) is 12.1 Å². The summed E-state index contributed by atoms with van der Waals surface area (Å²) in [5.41, 5.74) is 1.06. The van der Waals surface area contributed by atoms with E-state index in [-0.39, 0.29) is 17.6 Å². The van der Waals surface area contributed by atoms with Gasteiger partial charge < -0.3 is 15.0 Å². The van der Waals surface area contributed by atoms with Crippen LogP contribution in [0.25, 0.3) is 0 Å². The van der Waals surface area contributed by atoms with Crippen LogP contribution in [0.2, 0.25) is 0 Å². The molecule has 26 heavy (non-hydrogen) atoms. The number of cyclic esters (lactones) is 1. The molecule has 2 aliphatic heterocycles. The van der Waals surface area contributed by atoms with Crippen molar-refractivity contribution in [2.24, 2.45) is 5.92 Å². The number of hydrogen-bond donors (Lipinski definition) is 1. The topological polar surface area (TPSA) is 61.9 Å². The van der Waals surface area contributed by atoms with E-state index in [0.717, 1.165) is 37.4 Å². The third-order valence-corrected chi connectivity index (χ3v) is 5.86. The molecule has 0 bridgehead atoms. The molecule has 2 heterocycles. The third kappa shape index (κ3) is 3.75. The summed E-state index contributed by atoms with van der Waals surface area (Å²) in [6, 6.07) is 4.88. The van der Waals surface area contributed by atoms with Crippen LogP contribution < -0.4 is 15.1 Å². The quantitative estimate of drug-likeness (QED) is 0.850. The third-order valence-electron chi connectivity index (χ3n) is 4.92. The number of nitrogens with one attached hydrogen (secondary N) is 1. The zero-order valence-corrected chi connectivity index (χ0v) is 15.3.